The third-order valence-corrected chi connectivity index (χ3v) is 4.48. The van der Waals surface area contributed by atoms with E-state index in [-0.39, 0.29) is 5.91 Å². The maximum atomic E-state index is 12.6. The molecule has 0 aliphatic heterocycles. The second kappa shape index (κ2) is 6.55. The van der Waals surface area contributed by atoms with Crippen LogP contribution < -0.4 is 5.32 Å². The highest BCUT2D eigenvalue weighted by molar-refractivity contribution is 6.04. The van der Waals surface area contributed by atoms with Gasteiger partial charge >= 0.3 is 0 Å². The van der Waals surface area contributed by atoms with Gasteiger partial charge in [0.1, 0.15) is 5.65 Å². The molecule has 0 saturated heterocycles. The Balaban J connectivity index is 1.36. The Morgan fingerprint density at radius 1 is 1.00 bits per heavy atom. The van der Waals surface area contributed by atoms with Crippen LogP contribution in [0.4, 0.5) is 5.82 Å². The second-order valence-electron chi connectivity index (χ2n) is 6.29. The van der Waals surface area contributed by atoms with Gasteiger partial charge in [-0.15, -0.1) is 0 Å². The number of hydrogen-bond acceptors (Lipinski definition) is 4. The van der Waals surface area contributed by atoms with Crippen LogP contribution in [0.1, 0.15) is 10.4 Å². The lowest BCUT2D eigenvalue weighted by molar-refractivity contribution is 0.102. The first-order valence-corrected chi connectivity index (χ1v) is 8.67. The van der Waals surface area contributed by atoms with Crippen LogP contribution in [-0.4, -0.2) is 24.8 Å². The van der Waals surface area contributed by atoms with E-state index in [2.05, 4.69) is 15.3 Å². The Bertz CT molecular complexity index is 1240. The molecule has 28 heavy (non-hydrogen) atoms. The molecule has 4 heterocycles. The largest absolute Gasteiger partial charge is 0.472 e. The van der Waals surface area contributed by atoms with Crippen LogP contribution in [0.5, 0.6) is 0 Å². The van der Waals surface area contributed by atoms with E-state index < -0.39 is 0 Å². The maximum absolute atomic E-state index is 12.6. The number of nitrogens with zero attached hydrogens (tertiary/aromatic N) is 4. The molecule has 0 fully saturated rings. The highest BCUT2D eigenvalue weighted by Gasteiger charge is 2.10. The van der Waals surface area contributed by atoms with Crippen LogP contribution in [-0.2, 0) is 0 Å². The number of hydrogen-bond donors (Lipinski definition) is 1. The van der Waals surface area contributed by atoms with Crippen LogP contribution in [0, 0.1) is 0 Å². The lowest BCUT2D eigenvalue weighted by Crippen LogP contribution is -2.11. The Hall–Kier alpha value is -4.13. The van der Waals surface area contributed by atoms with Gasteiger partial charge in [0.15, 0.2) is 5.82 Å². The van der Waals surface area contributed by atoms with Crippen molar-refractivity contribution in [3.8, 4) is 16.8 Å². The summed E-state index contributed by atoms with van der Waals surface area (Å²) in [6.07, 6.45) is 12.3. The normalized spacial score (nSPS) is 11.0. The predicted molar refractivity (Wildman–Crippen MR) is 104 cm³/mol. The molecule has 0 saturated carbocycles. The summed E-state index contributed by atoms with van der Waals surface area (Å²) >= 11 is 0. The number of amides is 1. The lowest BCUT2D eigenvalue weighted by atomic mass is 10.1. The highest BCUT2D eigenvalue weighted by atomic mass is 16.3. The van der Waals surface area contributed by atoms with E-state index in [4.69, 9.17) is 4.42 Å². The number of carbonyl (C=O) groups is 1. The molecule has 0 radical (unpaired) electrons. The summed E-state index contributed by atoms with van der Waals surface area (Å²) in [7, 11) is 0. The summed E-state index contributed by atoms with van der Waals surface area (Å²) in [5.74, 6) is 0.281. The van der Waals surface area contributed by atoms with Crippen LogP contribution in [0.2, 0.25) is 0 Å². The molecule has 0 atom stereocenters. The van der Waals surface area contributed by atoms with Gasteiger partial charge in [0.25, 0.3) is 5.91 Å². The Labute approximate surface area is 159 Å². The molecule has 0 aliphatic carbocycles. The molecule has 1 amide bonds. The van der Waals surface area contributed by atoms with E-state index in [1.807, 2.05) is 51.7 Å². The third kappa shape index (κ3) is 2.95. The van der Waals surface area contributed by atoms with Gasteiger partial charge in [-0.1, -0.05) is 12.1 Å². The zero-order valence-electron chi connectivity index (χ0n) is 14.7. The maximum Gasteiger partial charge on any atom is 0.256 e. The van der Waals surface area contributed by atoms with E-state index in [1.165, 1.54) is 0 Å². The summed E-state index contributed by atoms with van der Waals surface area (Å²) < 4.78 is 8.86. The monoisotopic (exact) mass is 369 g/mol. The van der Waals surface area contributed by atoms with Gasteiger partial charge in [-0.05, 0) is 35.9 Å². The van der Waals surface area contributed by atoms with Gasteiger partial charge in [-0.2, -0.15) is 0 Å². The highest BCUT2D eigenvalue weighted by Crippen LogP contribution is 2.21. The average molecular weight is 369 g/mol. The first kappa shape index (κ1) is 16.1. The third-order valence-electron chi connectivity index (χ3n) is 4.48. The molecule has 7 heteroatoms. The molecule has 0 unspecified atom stereocenters. The fraction of sp³-hybridized carbons (Fsp3) is 0. The first-order valence-electron chi connectivity index (χ1n) is 8.67. The van der Waals surface area contributed by atoms with E-state index in [9.17, 15) is 4.79 Å². The van der Waals surface area contributed by atoms with E-state index in [1.54, 1.807) is 43.4 Å². The van der Waals surface area contributed by atoms with Crippen molar-refractivity contribution in [2.75, 3.05) is 5.32 Å². The minimum absolute atomic E-state index is 0.211. The summed E-state index contributed by atoms with van der Waals surface area (Å²) in [6.45, 7) is 0. The number of imidazole rings is 2. The fourth-order valence-electron chi connectivity index (χ4n) is 3.04. The molecular formula is C21H15N5O2. The van der Waals surface area contributed by atoms with Crippen LogP contribution in [0.3, 0.4) is 0 Å². The smallest absolute Gasteiger partial charge is 0.256 e. The molecule has 0 spiro atoms. The number of nitrogens with one attached hydrogen (secondary N) is 1. The molecule has 0 aliphatic rings. The molecular weight excluding hydrogens is 354 g/mol. The molecule has 0 bridgehead atoms. The molecule has 5 aromatic rings. The SMILES string of the molecule is O=C(Nc1cn2cc(-n3ccnc3)ccc2n1)c1ccc(-c2ccoc2)cc1. The van der Waals surface area contributed by atoms with Crippen LogP contribution in [0.25, 0.3) is 22.5 Å². The van der Waals surface area contributed by atoms with Gasteiger partial charge < -0.3 is 18.7 Å². The van der Waals surface area contributed by atoms with Gasteiger partial charge in [-0.25, -0.2) is 9.97 Å². The number of carbonyl (C=O) groups excluding carboxylic acids is 1. The molecule has 5 rings (SSSR count). The van der Waals surface area contributed by atoms with Gasteiger partial charge in [0.2, 0.25) is 0 Å². The van der Waals surface area contributed by atoms with E-state index in [0.717, 1.165) is 22.5 Å². The number of benzene rings is 1. The molecule has 7 nitrogen and oxygen atoms in total. The van der Waals surface area contributed by atoms with Crippen molar-refractivity contribution >= 4 is 17.4 Å². The van der Waals surface area contributed by atoms with Crippen LogP contribution >= 0.6 is 0 Å². The van der Waals surface area contributed by atoms with Crippen molar-refractivity contribution in [2.45, 2.75) is 0 Å². The number of fused-ring (bicyclic) bond motifs is 1. The molecule has 1 N–H and O–H groups in total. The predicted octanol–water partition coefficient (Wildman–Crippen LogP) is 4.03. The van der Waals surface area contributed by atoms with Crippen molar-refractivity contribution < 1.29 is 9.21 Å². The quantitative estimate of drug-likeness (QED) is 0.519. The fourth-order valence-corrected chi connectivity index (χ4v) is 3.04. The van der Waals surface area contributed by atoms with Crippen molar-refractivity contribution in [1.29, 1.82) is 0 Å². The zero-order chi connectivity index (χ0) is 18.9. The van der Waals surface area contributed by atoms with Crippen molar-refractivity contribution in [3.05, 3.63) is 91.7 Å². The summed E-state index contributed by atoms with van der Waals surface area (Å²) in [5.41, 5.74) is 4.22. The topological polar surface area (TPSA) is 77.4 Å². The number of anilines is 1. The second-order valence-corrected chi connectivity index (χ2v) is 6.29. The van der Waals surface area contributed by atoms with Gasteiger partial charge in [-0.3, -0.25) is 4.79 Å². The van der Waals surface area contributed by atoms with Crippen molar-refractivity contribution in [1.82, 2.24) is 18.9 Å². The summed E-state index contributed by atoms with van der Waals surface area (Å²) in [5, 5.41) is 2.85. The first-order chi connectivity index (χ1) is 13.8. The van der Waals surface area contributed by atoms with Crippen LogP contribution in [0.15, 0.2) is 90.5 Å². The minimum Gasteiger partial charge on any atom is -0.472 e. The van der Waals surface area contributed by atoms with E-state index in [0.29, 0.717) is 11.4 Å². The zero-order valence-corrected chi connectivity index (χ0v) is 14.7. The summed E-state index contributed by atoms with van der Waals surface area (Å²) in [4.78, 5) is 21.1. The lowest BCUT2D eigenvalue weighted by Gasteiger charge is -2.03. The van der Waals surface area contributed by atoms with Crippen molar-refractivity contribution in [3.63, 3.8) is 0 Å². The number of furan rings is 1. The number of pyridine rings is 1. The molecule has 1 aromatic carbocycles. The number of rotatable bonds is 4. The standard InChI is InChI=1S/C21H15N5O2/c27-21(16-3-1-15(2-4-16)17-7-10-28-13-17)24-19-12-26-11-18(5-6-20(26)23-19)25-9-8-22-14-25/h1-14H,(H,24,27). The molecule has 4 aromatic heterocycles. The summed E-state index contributed by atoms with van der Waals surface area (Å²) in [6, 6.07) is 13.1. The Morgan fingerprint density at radius 3 is 2.64 bits per heavy atom. The molecule has 136 valence electrons. The Morgan fingerprint density at radius 2 is 1.89 bits per heavy atom. The van der Waals surface area contributed by atoms with E-state index >= 15 is 0 Å². The van der Waals surface area contributed by atoms with Crippen molar-refractivity contribution in [2.24, 2.45) is 0 Å². The van der Waals surface area contributed by atoms with Gasteiger partial charge in [0, 0.05) is 29.7 Å². The number of aromatic nitrogens is 4. The Kier molecular flexibility index (Phi) is 3.76. The average Bonchev–Trinajstić information content (AvgIpc) is 3.48. The minimum atomic E-state index is -0.211. The van der Waals surface area contributed by atoms with Gasteiger partial charge in [0.05, 0.1) is 30.7 Å².